The molecule has 112 valence electrons. The van der Waals surface area contributed by atoms with Gasteiger partial charge in [0.15, 0.2) is 0 Å². The van der Waals surface area contributed by atoms with Crippen LogP contribution in [0.1, 0.15) is 25.3 Å². The first-order chi connectivity index (χ1) is 9.55. The first-order valence-corrected chi connectivity index (χ1v) is 9.19. The van der Waals surface area contributed by atoms with E-state index in [1.54, 1.807) is 6.07 Å². The Bertz CT molecular complexity index is 435. The molecule has 1 saturated carbocycles. The fraction of sp³-hybridized carbons (Fsp3) is 0.600. The second-order valence-corrected chi connectivity index (χ2v) is 7.42. The zero-order valence-corrected chi connectivity index (χ0v) is 15.2. The summed E-state index contributed by atoms with van der Waals surface area (Å²) in [5.74, 6) is 7.34. The molecule has 1 aromatic carbocycles. The Morgan fingerprint density at radius 3 is 2.50 bits per heavy atom. The highest BCUT2D eigenvalue weighted by Gasteiger charge is 2.40. The summed E-state index contributed by atoms with van der Waals surface area (Å²) < 4.78 is 1.16. The van der Waals surface area contributed by atoms with E-state index >= 15 is 0 Å². The molecule has 4 atom stereocenters. The Kier molecular flexibility index (Phi) is 6.42. The van der Waals surface area contributed by atoms with Crippen LogP contribution in [0.5, 0.6) is 0 Å². The van der Waals surface area contributed by atoms with Gasteiger partial charge < -0.3 is 4.84 Å². The van der Waals surface area contributed by atoms with Gasteiger partial charge in [0.05, 0.1) is 6.10 Å². The smallest absolute Gasteiger partial charge is 0.0821 e. The van der Waals surface area contributed by atoms with E-state index in [1.165, 1.54) is 5.56 Å². The monoisotopic (exact) mass is 427 g/mol. The first-order valence-electron chi connectivity index (χ1n) is 6.91. The molecule has 2 rings (SSSR count). The van der Waals surface area contributed by atoms with Crippen molar-refractivity contribution in [3.05, 3.63) is 33.8 Å². The highest BCUT2D eigenvalue weighted by molar-refractivity contribution is 14.1. The largest absolute Gasteiger partial charge is 0.301 e. The highest BCUT2D eigenvalue weighted by atomic mass is 127. The van der Waals surface area contributed by atoms with Crippen molar-refractivity contribution in [3.63, 3.8) is 0 Å². The summed E-state index contributed by atoms with van der Waals surface area (Å²) in [5, 5.41) is 1.40. The SMILES string of the molecule is C[C@H]1[C@H](CI)C[C@@H](ON)[C@@H]1CCc1cc(Cl)cc(Cl)c1. The average molecular weight is 428 g/mol. The van der Waals surface area contributed by atoms with Crippen LogP contribution in [-0.2, 0) is 11.3 Å². The third kappa shape index (κ3) is 4.01. The van der Waals surface area contributed by atoms with Gasteiger partial charge in [-0.3, -0.25) is 0 Å². The van der Waals surface area contributed by atoms with E-state index in [0.717, 1.165) is 23.7 Å². The maximum absolute atomic E-state index is 6.05. The van der Waals surface area contributed by atoms with Crippen LogP contribution in [0, 0.1) is 17.8 Å². The zero-order chi connectivity index (χ0) is 14.7. The molecule has 0 unspecified atom stereocenters. The molecule has 2 N–H and O–H groups in total. The van der Waals surface area contributed by atoms with Gasteiger partial charge in [0.1, 0.15) is 0 Å². The molecule has 2 nitrogen and oxygen atoms in total. The van der Waals surface area contributed by atoms with Crippen molar-refractivity contribution in [2.24, 2.45) is 23.7 Å². The zero-order valence-electron chi connectivity index (χ0n) is 11.5. The van der Waals surface area contributed by atoms with Crippen LogP contribution in [0.4, 0.5) is 0 Å². The van der Waals surface area contributed by atoms with Crippen LogP contribution in [0.2, 0.25) is 10.0 Å². The molecule has 1 aromatic rings. The van der Waals surface area contributed by atoms with E-state index in [4.69, 9.17) is 33.9 Å². The normalized spacial score (nSPS) is 29.9. The summed E-state index contributed by atoms with van der Waals surface area (Å²) in [5.41, 5.74) is 1.18. The van der Waals surface area contributed by atoms with Crippen LogP contribution in [0.25, 0.3) is 0 Å². The molecule has 20 heavy (non-hydrogen) atoms. The van der Waals surface area contributed by atoms with Gasteiger partial charge in [0.2, 0.25) is 0 Å². The standard InChI is InChI=1S/C15H20Cl2INO/c1-9-11(8-18)6-15(20-19)14(9)3-2-10-4-12(16)7-13(17)5-10/h4-5,7,9,11,14-15H,2-3,6,8,19H2,1H3/t9-,11-,14+,15+/m0/s1. The number of benzene rings is 1. The number of hydrogen-bond donors (Lipinski definition) is 1. The quantitative estimate of drug-likeness (QED) is 0.412. The van der Waals surface area contributed by atoms with E-state index in [1.807, 2.05) is 12.1 Å². The van der Waals surface area contributed by atoms with E-state index in [0.29, 0.717) is 27.8 Å². The van der Waals surface area contributed by atoms with Gasteiger partial charge in [-0.15, -0.1) is 0 Å². The topological polar surface area (TPSA) is 35.2 Å². The molecule has 5 heteroatoms. The first kappa shape index (κ1) is 16.8. The molecule has 1 aliphatic carbocycles. The third-order valence-electron chi connectivity index (χ3n) is 4.49. The summed E-state index contributed by atoms with van der Waals surface area (Å²) in [7, 11) is 0. The van der Waals surface area contributed by atoms with Crippen molar-refractivity contribution in [2.75, 3.05) is 4.43 Å². The summed E-state index contributed by atoms with van der Waals surface area (Å²) >= 11 is 14.5. The van der Waals surface area contributed by atoms with E-state index in [-0.39, 0.29) is 6.10 Å². The minimum Gasteiger partial charge on any atom is -0.301 e. The number of nitrogens with two attached hydrogens (primary N) is 1. The summed E-state index contributed by atoms with van der Waals surface area (Å²) in [6.45, 7) is 2.32. The van der Waals surface area contributed by atoms with E-state index < -0.39 is 0 Å². The minimum atomic E-state index is 0.180. The van der Waals surface area contributed by atoms with Gasteiger partial charge in [-0.2, -0.15) is 0 Å². The Hall–Kier alpha value is 0.450. The number of aryl methyl sites for hydroxylation is 1. The Balaban J connectivity index is 2.01. The molecular formula is C15H20Cl2INO. The van der Waals surface area contributed by atoms with Crippen LogP contribution >= 0.6 is 45.8 Å². The lowest BCUT2D eigenvalue weighted by Crippen LogP contribution is -2.25. The van der Waals surface area contributed by atoms with Crippen molar-refractivity contribution in [2.45, 2.75) is 32.3 Å². The number of hydrogen-bond acceptors (Lipinski definition) is 2. The van der Waals surface area contributed by atoms with Gasteiger partial charge in [-0.1, -0.05) is 52.7 Å². The molecule has 0 aromatic heterocycles. The van der Waals surface area contributed by atoms with Crippen molar-refractivity contribution in [1.82, 2.24) is 0 Å². The molecule has 1 fully saturated rings. The van der Waals surface area contributed by atoms with Crippen LogP contribution < -0.4 is 5.90 Å². The molecule has 0 aliphatic heterocycles. The molecule has 0 amide bonds. The van der Waals surface area contributed by atoms with Gasteiger partial charge in [-0.25, -0.2) is 5.90 Å². The van der Waals surface area contributed by atoms with E-state index in [2.05, 4.69) is 29.5 Å². The van der Waals surface area contributed by atoms with Gasteiger partial charge in [0.25, 0.3) is 0 Å². The fourth-order valence-electron chi connectivity index (χ4n) is 3.27. The third-order valence-corrected chi connectivity index (χ3v) is 6.06. The Morgan fingerprint density at radius 2 is 1.95 bits per heavy atom. The fourth-order valence-corrected chi connectivity index (χ4v) is 5.01. The number of alkyl halides is 1. The maximum Gasteiger partial charge on any atom is 0.0821 e. The molecule has 0 bridgehead atoms. The lowest BCUT2D eigenvalue weighted by Gasteiger charge is -2.22. The number of rotatable bonds is 5. The molecule has 1 aliphatic rings. The molecule has 0 radical (unpaired) electrons. The van der Waals surface area contributed by atoms with Crippen molar-refractivity contribution in [3.8, 4) is 0 Å². The summed E-state index contributed by atoms with van der Waals surface area (Å²) in [4.78, 5) is 5.21. The average Bonchev–Trinajstić information content (AvgIpc) is 2.71. The second kappa shape index (κ2) is 7.63. The Morgan fingerprint density at radius 1 is 1.30 bits per heavy atom. The highest BCUT2D eigenvalue weighted by Crippen LogP contribution is 2.41. The second-order valence-electron chi connectivity index (χ2n) is 5.66. The lowest BCUT2D eigenvalue weighted by molar-refractivity contribution is 0.0179. The van der Waals surface area contributed by atoms with Gasteiger partial charge in [0, 0.05) is 14.5 Å². The van der Waals surface area contributed by atoms with E-state index in [9.17, 15) is 0 Å². The molecule has 0 saturated heterocycles. The van der Waals surface area contributed by atoms with Crippen LogP contribution in [-0.4, -0.2) is 10.5 Å². The van der Waals surface area contributed by atoms with Gasteiger partial charge >= 0.3 is 0 Å². The van der Waals surface area contributed by atoms with Crippen molar-refractivity contribution >= 4 is 45.8 Å². The Labute approximate surface area is 144 Å². The predicted octanol–water partition coefficient (Wildman–Crippen LogP) is 4.89. The minimum absolute atomic E-state index is 0.180. The predicted molar refractivity (Wildman–Crippen MR) is 93.5 cm³/mol. The number of halogens is 3. The molecule has 0 spiro atoms. The molecular weight excluding hydrogens is 408 g/mol. The summed E-state index contributed by atoms with van der Waals surface area (Å²) in [6, 6.07) is 5.74. The maximum atomic E-state index is 6.05. The van der Waals surface area contributed by atoms with Crippen molar-refractivity contribution in [1.29, 1.82) is 0 Å². The molecule has 0 heterocycles. The summed E-state index contributed by atoms with van der Waals surface area (Å²) in [6.07, 6.45) is 3.27. The lowest BCUT2D eigenvalue weighted by atomic mass is 9.87. The van der Waals surface area contributed by atoms with Crippen LogP contribution in [0.3, 0.4) is 0 Å². The van der Waals surface area contributed by atoms with Crippen molar-refractivity contribution < 1.29 is 4.84 Å². The van der Waals surface area contributed by atoms with Gasteiger partial charge in [-0.05, 0) is 60.8 Å². The van der Waals surface area contributed by atoms with Crippen LogP contribution in [0.15, 0.2) is 18.2 Å².